The van der Waals surface area contributed by atoms with Crippen molar-refractivity contribution in [3.05, 3.63) is 18.1 Å². The van der Waals surface area contributed by atoms with Crippen LogP contribution in [0, 0.1) is 5.41 Å². The van der Waals surface area contributed by atoms with Crippen molar-refractivity contribution in [2.24, 2.45) is 0 Å². The second kappa shape index (κ2) is 12.7. The van der Waals surface area contributed by atoms with Crippen LogP contribution in [0.15, 0.2) is 12.7 Å². The van der Waals surface area contributed by atoms with Gasteiger partial charge < -0.3 is 77.4 Å². The average Bonchev–Trinajstić information content (AvgIpc) is 3.50. The molecule has 0 aromatic carbocycles. The van der Waals surface area contributed by atoms with Gasteiger partial charge in [-0.1, -0.05) is 0 Å². The van der Waals surface area contributed by atoms with E-state index in [1.165, 1.54) is 0 Å². The largest absolute Gasteiger partial charge is 0.790 e. The summed E-state index contributed by atoms with van der Waals surface area (Å²) >= 11 is 0. The molecule has 2 aromatic heterocycles. The molecule has 2 saturated heterocycles. The minimum atomic E-state index is -6.25. The first-order valence-corrected chi connectivity index (χ1v) is 17.3. The summed E-state index contributed by atoms with van der Waals surface area (Å²) in [6.07, 6.45) is -11.8. The van der Waals surface area contributed by atoms with Gasteiger partial charge in [0.2, 0.25) is 0 Å². The van der Waals surface area contributed by atoms with E-state index in [9.17, 15) is 68.0 Å². The number of rotatable bonds is 12. The van der Waals surface area contributed by atoms with Crippen LogP contribution in [-0.4, -0.2) is 89.4 Å². The fraction of sp³-hybridized carbons (Fsp3) is 0.667. The Morgan fingerprint density at radius 3 is 1.75 bits per heavy atom. The number of aliphatic hydroxyl groups excluding tert-OH is 4. The highest BCUT2D eigenvalue weighted by Gasteiger charge is 2.46. The Labute approximate surface area is 243 Å². The fourth-order valence-electron chi connectivity index (χ4n) is 4.13. The summed E-state index contributed by atoms with van der Waals surface area (Å²) in [6, 6.07) is 0. The molecule has 2 aliphatic rings. The average molecular weight is 713 g/mol. The third-order valence-electron chi connectivity index (χ3n) is 5.97. The van der Waals surface area contributed by atoms with Crippen molar-refractivity contribution in [3.8, 4) is 0 Å². The van der Waals surface area contributed by atoms with Crippen LogP contribution in [0.5, 0.6) is 0 Å². The zero-order chi connectivity index (χ0) is 33.0. The van der Waals surface area contributed by atoms with Gasteiger partial charge in [-0.25, -0.2) is 14.3 Å². The molecule has 0 radical (unpaired) electrons. The number of fused-ring (bicyclic) bond motifs is 1. The van der Waals surface area contributed by atoms with E-state index in [1.54, 1.807) is 0 Å². The van der Waals surface area contributed by atoms with Crippen molar-refractivity contribution in [1.82, 2.24) is 19.1 Å². The van der Waals surface area contributed by atoms with Gasteiger partial charge in [-0.15, -0.1) is 0 Å². The zero-order valence-corrected chi connectivity index (χ0v) is 24.7. The molecule has 0 bridgehead atoms. The van der Waals surface area contributed by atoms with Gasteiger partial charge in [0.15, 0.2) is 29.1 Å². The maximum absolute atomic E-state index is 11.8. The molecule has 2 unspecified atom stereocenters. The van der Waals surface area contributed by atoms with E-state index in [-0.39, 0.29) is 11.2 Å². The van der Waals surface area contributed by atoms with Crippen LogP contribution in [-0.2, 0) is 45.4 Å². The smallest absolute Gasteiger partial charge is 0.278 e. The third kappa shape index (κ3) is 8.12. The van der Waals surface area contributed by atoms with E-state index in [0.29, 0.717) is 0 Å². The number of phosphoric ester groups is 2. The summed E-state index contributed by atoms with van der Waals surface area (Å²) in [5.74, 6) is 0. The second-order valence-electron chi connectivity index (χ2n) is 8.96. The van der Waals surface area contributed by atoms with Gasteiger partial charge in [-0.05, 0) is 0 Å². The molecule has 29 heteroatoms. The number of hydrogen-bond acceptors (Lipinski definition) is 23. The molecule has 25 nitrogen and oxygen atoms in total. The Morgan fingerprint density at radius 1 is 0.727 bits per heavy atom. The highest BCUT2D eigenvalue weighted by molar-refractivity contribution is 7.64. The molecule has 4 heterocycles. The molecule has 44 heavy (non-hydrogen) atoms. The summed E-state index contributed by atoms with van der Waals surface area (Å²) in [6.45, 7) is -2.16. The SMILES string of the molecule is N=c1c2ncn([C@H]3O[C@H](COP(=O)([O-])OP(=O)([O-])OP(=O)([O-])[O-])[C@H](O)[C@H]3O)c2ncn1[C@@H]1O[C@H](COP(=O)([O-])[O-])[C@@H](O)[C@H]1O. The van der Waals surface area contributed by atoms with Crippen molar-refractivity contribution < 1.29 is 95.2 Å². The van der Waals surface area contributed by atoms with Crippen LogP contribution in [0.4, 0.5) is 0 Å². The number of aliphatic hydroxyl groups is 4. The summed E-state index contributed by atoms with van der Waals surface area (Å²) < 4.78 is 71.6. The number of imidazole rings is 1. The molecule has 4 rings (SSSR count). The van der Waals surface area contributed by atoms with Crippen LogP contribution >= 0.6 is 31.3 Å². The van der Waals surface area contributed by atoms with Gasteiger partial charge in [0.25, 0.3) is 15.6 Å². The first kappa shape index (κ1) is 35.5. The predicted octanol–water partition coefficient (Wildman–Crippen LogP) is -7.39. The molecule has 0 spiro atoms. The van der Waals surface area contributed by atoms with E-state index in [4.69, 9.17) is 14.9 Å². The van der Waals surface area contributed by atoms with Crippen LogP contribution < -0.4 is 34.8 Å². The number of nitrogens with one attached hydrogen (secondary N) is 1. The molecule has 2 aliphatic heterocycles. The number of hydrogen-bond donors (Lipinski definition) is 5. The number of nitrogens with zero attached hydrogens (tertiary/aromatic N) is 4. The maximum atomic E-state index is 11.8. The van der Waals surface area contributed by atoms with Crippen molar-refractivity contribution in [3.63, 3.8) is 0 Å². The van der Waals surface area contributed by atoms with E-state index in [0.717, 1.165) is 21.8 Å². The lowest BCUT2D eigenvalue weighted by molar-refractivity contribution is -0.344. The molecule has 250 valence electrons. The Kier molecular flexibility index (Phi) is 10.2. The predicted molar refractivity (Wildman–Crippen MR) is 118 cm³/mol. The van der Waals surface area contributed by atoms with Crippen molar-refractivity contribution in [1.29, 1.82) is 5.41 Å². The molecule has 0 amide bonds. The summed E-state index contributed by atoms with van der Waals surface area (Å²) in [5, 5.41) is 49.8. The van der Waals surface area contributed by atoms with E-state index >= 15 is 0 Å². The van der Waals surface area contributed by atoms with E-state index in [1.807, 2.05) is 0 Å². The van der Waals surface area contributed by atoms with Gasteiger partial charge in [0.1, 0.15) is 43.0 Å². The first-order chi connectivity index (χ1) is 20.1. The van der Waals surface area contributed by atoms with Crippen LogP contribution in [0.25, 0.3) is 11.2 Å². The molecule has 5 N–H and O–H groups in total. The normalized spacial score (nSPS) is 32.6. The Morgan fingerprint density at radius 2 is 1.23 bits per heavy atom. The van der Waals surface area contributed by atoms with Crippen LogP contribution in [0.2, 0.25) is 0 Å². The minimum absolute atomic E-state index is 0.197. The summed E-state index contributed by atoms with van der Waals surface area (Å²) in [7, 11) is -23.9. The molecule has 2 fully saturated rings. The van der Waals surface area contributed by atoms with Gasteiger partial charge in [0.05, 0.1) is 35.2 Å². The van der Waals surface area contributed by atoms with Crippen molar-refractivity contribution in [2.75, 3.05) is 13.2 Å². The van der Waals surface area contributed by atoms with Gasteiger partial charge >= 0.3 is 0 Å². The highest BCUT2D eigenvalue weighted by Crippen LogP contribution is 2.60. The van der Waals surface area contributed by atoms with E-state index in [2.05, 4.69) is 27.6 Å². The molecule has 0 aliphatic carbocycles. The Hall–Kier alpha value is -1.37. The number of phosphoric acid groups is 4. The Balaban J connectivity index is 1.48. The molecular formula is C15H19N5O20P4-6. The number of ether oxygens (including phenoxy) is 2. The summed E-state index contributed by atoms with van der Waals surface area (Å²) in [4.78, 5) is 73.3. The number of aromatic nitrogens is 4. The minimum Gasteiger partial charge on any atom is -0.790 e. The zero-order valence-electron chi connectivity index (χ0n) is 21.1. The lowest BCUT2D eigenvalue weighted by Crippen LogP contribution is -2.36. The van der Waals surface area contributed by atoms with Crippen molar-refractivity contribution in [2.45, 2.75) is 49.1 Å². The lowest BCUT2D eigenvalue weighted by Gasteiger charge is -2.37. The van der Waals surface area contributed by atoms with Gasteiger partial charge in [-0.3, -0.25) is 28.0 Å². The fourth-order valence-corrected chi connectivity index (χ4v) is 7.33. The van der Waals surface area contributed by atoms with Crippen LogP contribution in [0.3, 0.4) is 0 Å². The van der Waals surface area contributed by atoms with Gasteiger partial charge in [0, 0.05) is 0 Å². The lowest BCUT2D eigenvalue weighted by atomic mass is 10.1. The first-order valence-electron chi connectivity index (χ1n) is 11.5. The quantitative estimate of drug-likeness (QED) is 0.127. The monoisotopic (exact) mass is 713 g/mol. The summed E-state index contributed by atoms with van der Waals surface area (Å²) in [5.41, 5.74) is -0.964. The highest BCUT2D eigenvalue weighted by atomic mass is 31.3. The maximum Gasteiger partial charge on any atom is 0.278 e. The standard InChI is InChI=1S/C15H25N5O20P4/c16-12-7-13(18-4-19(12)14-10(23)8(21)5(37-14)1-35-41(25,26)27)20(3-17-7)15-11(24)9(22)6(38-15)2-36-43(31,32)40-44(33,34)39-42(28,29)30/h3-6,8-11,14-16,21-24H,1-2H2,(H,31,32)(H,33,34)(H2,25,26,27)(H2,28,29,30)/p-6/t5-,6-,8-,9+,10-,11-,14-,15+/m1/s1. The molecule has 10 atom stereocenters. The Bertz CT molecular complexity index is 1620. The van der Waals surface area contributed by atoms with Crippen LogP contribution in [0.1, 0.15) is 12.5 Å². The third-order valence-corrected chi connectivity index (χ3v) is 10.1. The topological polar surface area (TPSA) is 402 Å². The molecule has 0 saturated carbocycles. The van der Waals surface area contributed by atoms with E-state index < -0.39 is 99.1 Å². The van der Waals surface area contributed by atoms with Crippen molar-refractivity contribution >= 4 is 42.5 Å². The second-order valence-corrected chi connectivity index (χ2v) is 14.4. The molecular weight excluding hydrogens is 694 g/mol. The van der Waals surface area contributed by atoms with Gasteiger partial charge in [-0.2, -0.15) is 0 Å². The molecule has 2 aromatic rings.